The number of nitrogens with zero attached hydrogens (tertiary/aromatic N) is 4. The fourth-order valence-corrected chi connectivity index (χ4v) is 9.07. The molecule has 0 N–H and O–H groups in total. The van der Waals surface area contributed by atoms with Crippen molar-refractivity contribution in [1.82, 2.24) is 19.5 Å². The van der Waals surface area contributed by atoms with Crippen molar-refractivity contribution < 1.29 is 0 Å². The quantitative estimate of drug-likeness (QED) is 0.158. The van der Waals surface area contributed by atoms with E-state index in [9.17, 15) is 0 Å². The van der Waals surface area contributed by atoms with Crippen LogP contribution in [0.3, 0.4) is 0 Å². The molecule has 0 aliphatic rings. The molecule has 0 spiro atoms. The van der Waals surface area contributed by atoms with Gasteiger partial charge in [0.1, 0.15) is 0 Å². The number of hydrogen-bond donors (Lipinski definition) is 0. The van der Waals surface area contributed by atoms with E-state index in [4.69, 9.17) is 15.0 Å². The van der Waals surface area contributed by atoms with E-state index in [2.05, 4.69) is 199 Å². The standard InChI is InChI=1S/C57H36N4/c1-4-14-37(15-5-1)39-24-26-41(27-25-39)56-58-55(40-18-8-3-9-19-40)59-57(60-56)43-29-31-48-51(34-43)46-21-11-10-20-45(46)47-33-30-44(36-52(47)48)61-53-23-13-12-22-49(53)50-32-28-42(35-54(50)61)38-16-6-2-7-17-38/h1-36H. The van der Waals surface area contributed by atoms with Crippen LogP contribution < -0.4 is 0 Å². The van der Waals surface area contributed by atoms with E-state index in [1.165, 1.54) is 65.4 Å². The Balaban J connectivity index is 1.05. The Kier molecular flexibility index (Phi) is 8.13. The number of hydrogen-bond acceptors (Lipinski definition) is 3. The average molecular weight is 777 g/mol. The van der Waals surface area contributed by atoms with Crippen LogP contribution >= 0.6 is 0 Å². The Labute approximate surface area is 352 Å². The highest BCUT2D eigenvalue weighted by Gasteiger charge is 2.18. The lowest BCUT2D eigenvalue weighted by Crippen LogP contribution is -2.00. The topological polar surface area (TPSA) is 43.6 Å². The second-order valence-corrected chi connectivity index (χ2v) is 15.6. The SMILES string of the molecule is c1ccc(-c2ccc(-c3nc(-c4ccccc4)nc(-c4ccc5c(c4)c4ccccc4c4ccc(-n6c7ccccc7c7ccc(-c8ccccc8)cc76)cc45)n3)cc2)cc1. The van der Waals surface area contributed by atoms with Gasteiger partial charge in [-0.3, -0.25) is 0 Å². The third-order valence-corrected chi connectivity index (χ3v) is 12.0. The van der Waals surface area contributed by atoms with Gasteiger partial charge in [0.15, 0.2) is 17.5 Å². The van der Waals surface area contributed by atoms with Crippen LogP contribution in [-0.4, -0.2) is 19.5 Å². The Hall–Kier alpha value is -8.21. The van der Waals surface area contributed by atoms with Crippen LogP contribution in [0.15, 0.2) is 218 Å². The molecular weight excluding hydrogens is 741 g/mol. The van der Waals surface area contributed by atoms with E-state index >= 15 is 0 Å². The van der Waals surface area contributed by atoms with Crippen LogP contribution in [-0.2, 0) is 0 Å². The van der Waals surface area contributed by atoms with E-state index in [0.717, 1.165) is 33.3 Å². The van der Waals surface area contributed by atoms with Crippen LogP contribution in [0.4, 0.5) is 0 Å². The summed E-state index contributed by atoms with van der Waals surface area (Å²) < 4.78 is 2.43. The van der Waals surface area contributed by atoms with Crippen molar-refractivity contribution in [2.24, 2.45) is 0 Å². The largest absolute Gasteiger partial charge is 0.309 e. The summed E-state index contributed by atoms with van der Waals surface area (Å²) in [5.41, 5.74) is 11.0. The molecule has 10 aromatic carbocycles. The Bertz CT molecular complexity index is 3610. The Morgan fingerprint density at radius 2 is 0.623 bits per heavy atom. The monoisotopic (exact) mass is 776 g/mol. The summed E-state index contributed by atoms with van der Waals surface area (Å²) in [4.78, 5) is 15.3. The molecule has 12 aromatic rings. The summed E-state index contributed by atoms with van der Waals surface area (Å²) in [6.45, 7) is 0. The van der Waals surface area contributed by atoms with E-state index < -0.39 is 0 Å². The maximum absolute atomic E-state index is 5.16. The van der Waals surface area contributed by atoms with Crippen molar-refractivity contribution >= 4 is 54.1 Å². The first-order chi connectivity index (χ1) is 30.2. The second kappa shape index (κ2) is 14.3. The van der Waals surface area contributed by atoms with Gasteiger partial charge in [-0.2, -0.15) is 0 Å². The predicted molar refractivity (Wildman–Crippen MR) is 254 cm³/mol. The van der Waals surface area contributed by atoms with Crippen LogP contribution in [0.25, 0.3) is 116 Å². The van der Waals surface area contributed by atoms with Crippen molar-refractivity contribution in [2.75, 3.05) is 0 Å². The molecular formula is C57H36N4. The van der Waals surface area contributed by atoms with Gasteiger partial charge in [-0.25, -0.2) is 15.0 Å². The molecule has 0 amide bonds. The molecule has 0 radical (unpaired) electrons. The average Bonchev–Trinajstić information content (AvgIpc) is 3.68. The van der Waals surface area contributed by atoms with Crippen molar-refractivity contribution in [1.29, 1.82) is 0 Å². The summed E-state index contributed by atoms with van der Waals surface area (Å²) in [5, 5.41) is 9.63. The Morgan fingerprint density at radius 1 is 0.230 bits per heavy atom. The van der Waals surface area contributed by atoms with Gasteiger partial charge in [0.05, 0.1) is 11.0 Å². The molecule has 2 heterocycles. The first-order valence-electron chi connectivity index (χ1n) is 20.7. The number of para-hydroxylation sites is 1. The first-order valence-corrected chi connectivity index (χ1v) is 20.7. The second-order valence-electron chi connectivity index (χ2n) is 15.6. The highest BCUT2D eigenvalue weighted by Crippen LogP contribution is 2.40. The molecule has 0 aliphatic heterocycles. The van der Waals surface area contributed by atoms with Gasteiger partial charge in [-0.1, -0.05) is 188 Å². The number of rotatable bonds is 6. The molecule has 0 aliphatic carbocycles. The zero-order valence-electron chi connectivity index (χ0n) is 33.1. The zero-order chi connectivity index (χ0) is 40.3. The summed E-state index contributed by atoms with van der Waals surface area (Å²) >= 11 is 0. The highest BCUT2D eigenvalue weighted by atomic mass is 15.0. The molecule has 4 nitrogen and oxygen atoms in total. The van der Waals surface area contributed by atoms with Gasteiger partial charge in [0.2, 0.25) is 0 Å². The van der Waals surface area contributed by atoms with Crippen molar-refractivity contribution in [3.63, 3.8) is 0 Å². The zero-order valence-corrected chi connectivity index (χ0v) is 33.1. The molecule has 4 heteroatoms. The third kappa shape index (κ3) is 5.96. The van der Waals surface area contributed by atoms with Crippen molar-refractivity contribution in [3.8, 4) is 62.1 Å². The lowest BCUT2D eigenvalue weighted by Gasteiger charge is -2.15. The summed E-state index contributed by atoms with van der Waals surface area (Å²) in [6, 6.07) is 77.7. The summed E-state index contributed by atoms with van der Waals surface area (Å²) in [5.74, 6) is 1.91. The Morgan fingerprint density at radius 3 is 1.31 bits per heavy atom. The molecule has 2 aromatic heterocycles. The molecule has 0 atom stereocenters. The van der Waals surface area contributed by atoms with Gasteiger partial charge in [0.25, 0.3) is 0 Å². The fourth-order valence-electron chi connectivity index (χ4n) is 9.07. The number of aromatic nitrogens is 4. The summed E-state index contributed by atoms with van der Waals surface area (Å²) in [6.07, 6.45) is 0. The van der Waals surface area contributed by atoms with Crippen molar-refractivity contribution in [3.05, 3.63) is 218 Å². The smallest absolute Gasteiger partial charge is 0.164 e. The molecule has 61 heavy (non-hydrogen) atoms. The predicted octanol–water partition coefficient (Wildman–Crippen LogP) is 14.8. The van der Waals surface area contributed by atoms with Crippen LogP contribution in [0.1, 0.15) is 0 Å². The van der Waals surface area contributed by atoms with E-state index in [1.807, 2.05) is 24.3 Å². The molecule has 0 bridgehead atoms. The molecule has 0 saturated carbocycles. The minimum absolute atomic E-state index is 0.635. The molecule has 0 fully saturated rings. The minimum atomic E-state index is 0.635. The molecule has 0 unspecified atom stereocenters. The lowest BCUT2D eigenvalue weighted by molar-refractivity contribution is 1.07. The maximum atomic E-state index is 5.16. The van der Waals surface area contributed by atoms with Crippen LogP contribution in [0.5, 0.6) is 0 Å². The summed E-state index contributed by atoms with van der Waals surface area (Å²) in [7, 11) is 0. The van der Waals surface area contributed by atoms with Gasteiger partial charge in [0, 0.05) is 33.2 Å². The van der Waals surface area contributed by atoms with Gasteiger partial charge < -0.3 is 4.57 Å². The van der Waals surface area contributed by atoms with Gasteiger partial charge >= 0.3 is 0 Å². The molecule has 284 valence electrons. The number of benzene rings is 10. The normalized spacial score (nSPS) is 11.6. The lowest BCUT2D eigenvalue weighted by atomic mass is 9.93. The highest BCUT2D eigenvalue weighted by molar-refractivity contribution is 6.26. The van der Waals surface area contributed by atoms with Crippen LogP contribution in [0, 0.1) is 0 Å². The minimum Gasteiger partial charge on any atom is -0.309 e. The molecule has 12 rings (SSSR count). The first kappa shape index (κ1) is 34.8. The van der Waals surface area contributed by atoms with Gasteiger partial charge in [-0.15, -0.1) is 0 Å². The van der Waals surface area contributed by atoms with Gasteiger partial charge in [-0.05, 0) is 84.9 Å². The van der Waals surface area contributed by atoms with Crippen LogP contribution in [0.2, 0.25) is 0 Å². The fraction of sp³-hybridized carbons (Fsp3) is 0. The van der Waals surface area contributed by atoms with Crippen molar-refractivity contribution in [2.45, 2.75) is 0 Å². The van der Waals surface area contributed by atoms with E-state index in [-0.39, 0.29) is 0 Å². The maximum Gasteiger partial charge on any atom is 0.164 e. The van der Waals surface area contributed by atoms with E-state index in [1.54, 1.807) is 0 Å². The third-order valence-electron chi connectivity index (χ3n) is 12.0. The molecule has 0 saturated heterocycles. The van der Waals surface area contributed by atoms with E-state index in [0.29, 0.717) is 17.5 Å². The number of fused-ring (bicyclic) bond motifs is 9.